The van der Waals surface area contributed by atoms with E-state index in [0.29, 0.717) is 17.1 Å². The molecule has 0 aliphatic rings. The van der Waals surface area contributed by atoms with Crippen LogP contribution in [0.25, 0.3) is 0 Å². The third kappa shape index (κ3) is 4.04. The maximum atomic E-state index is 9.77. The minimum Gasteiger partial charge on any atom is -0.508 e. The Kier molecular flexibility index (Phi) is 4.58. The number of nitrogens with one attached hydrogen (secondary N) is 1. The average Bonchev–Trinajstić information content (AvgIpc) is 2.24. The summed E-state index contributed by atoms with van der Waals surface area (Å²) in [4.78, 5) is 0. The molecule has 0 aliphatic heterocycles. The molecule has 1 aromatic carbocycles. The van der Waals surface area contributed by atoms with Crippen molar-refractivity contribution in [2.75, 3.05) is 6.54 Å². The first-order valence-corrected chi connectivity index (χ1v) is 6.33. The fraction of sp³-hybridized carbons (Fsp3) is 0.600. The molecule has 0 radical (unpaired) electrons. The van der Waals surface area contributed by atoms with Gasteiger partial charge in [-0.25, -0.2) is 0 Å². The molecule has 2 heteroatoms. The van der Waals surface area contributed by atoms with Gasteiger partial charge in [0, 0.05) is 11.6 Å². The van der Waals surface area contributed by atoms with E-state index in [-0.39, 0.29) is 6.04 Å². The fourth-order valence-corrected chi connectivity index (χ4v) is 1.62. The molecule has 2 N–H and O–H groups in total. The van der Waals surface area contributed by atoms with E-state index >= 15 is 0 Å². The first-order chi connectivity index (χ1) is 7.82. The Balaban J connectivity index is 2.57. The van der Waals surface area contributed by atoms with Crippen LogP contribution in [0, 0.1) is 11.3 Å². The maximum Gasteiger partial charge on any atom is 0.120 e. The number of rotatable bonds is 4. The summed E-state index contributed by atoms with van der Waals surface area (Å²) in [5.41, 5.74) is 1.28. The molecule has 1 rings (SSSR count). The number of phenolic OH excluding ortho intramolecular Hbond substituents is 1. The maximum absolute atomic E-state index is 9.77. The molecule has 2 unspecified atom stereocenters. The molecular weight excluding hydrogens is 210 g/mol. The van der Waals surface area contributed by atoms with Gasteiger partial charge in [0.25, 0.3) is 0 Å². The van der Waals surface area contributed by atoms with Gasteiger partial charge in [-0.3, -0.25) is 0 Å². The summed E-state index contributed by atoms with van der Waals surface area (Å²) < 4.78 is 0. The highest BCUT2D eigenvalue weighted by Gasteiger charge is 2.20. The summed E-state index contributed by atoms with van der Waals surface area (Å²) in [5.74, 6) is 0.965. The highest BCUT2D eigenvalue weighted by molar-refractivity contribution is 5.34. The molecule has 0 amide bonds. The predicted octanol–water partition coefficient (Wildman–Crippen LogP) is 3.73. The van der Waals surface area contributed by atoms with Gasteiger partial charge < -0.3 is 10.4 Å². The van der Waals surface area contributed by atoms with Crippen LogP contribution >= 0.6 is 0 Å². The van der Waals surface area contributed by atoms with Crippen molar-refractivity contribution in [1.82, 2.24) is 5.32 Å². The van der Waals surface area contributed by atoms with Gasteiger partial charge in [0.2, 0.25) is 0 Å². The van der Waals surface area contributed by atoms with Gasteiger partial charge in [0.1, 0.15) is 5.75 Å². The Hall–Kier alpha value is -1.02. The quantitative estimate of drug-likeness (QED) is 0.833. The third-order valence-corrected chi connectivity index (χ3v) is 3.61. The minimum absolute atomic E-state index is 0.181. The summed E-state index contributed by atoms with van der Waals surface area (Å²) in [7, 11) is 0. The summed E-state index contributed by atoms with van der Waals surface area (Å²) in [6.45, 7) is 12.1. The van der Waals surface area contributed by atoms with E-state index in [1.165, 1.54) is 0 Å². The van der Waals surface area contributed by atoms with Gasteiger partial charge in [-0.2, -0.15) is 0 Å². The number of hydrogen-bond donors (Lipinski definition) is 2. The van der Waals surface area contributed by atoms with Gasteiger partial charge in [0.15, 0.2) is 0 Å². The largest absolute Gasteiger partial charge is 0.508 e. The number of benzene rings is 1. The molecule has 0 heterocycles. The summed E-state index contributed by atoms with van der Waals surface area (Å²) in [6, 6.07) is 7.69. The van der Waals surface area contributed by atoms with Gasteiger partial charge >= 0.3 is 0 Å². The first kappa shape index (κ1) is 14.0. The van der Waals surface area contributed by atoms with E-state index in [4.69, 9.17) is 0 Å². The van der Waals surface area contributed by atoms with Crippen LogP contribution in [0.2, 0.25) is 0 Å². The Morgan fingerprint density at radius 2 is 1.76 bits per heavy atom. The Morgan fingerprint density at radius 3 is 2.29 bits per heavy atom. The molecule has 0 bridgehead atoms. The molecule has 0 fully saturated rings. The van der Waals surface area contributed by atoms with Crippen LogP contribution < -0.4 is 5.32 Å². The lowest BCUT2D eigenvalue weighted by Crippen LogP contribution is -2.31. The lowest BCUT2D eigenvalue weighted by molar-refractivity contribution is 0.246. The van der Waals surface area contributed by atoms with E-state index in [2.05, 4.69) is 39.9 Å². The van der Waals surface area contributed by atoms with Crippen LogP contribution in [0.3, 0.4) is 0 Å². The Bertz CT molecular complexity index is 354. The molecule has 96 valence electrons. The minimum atomic E-state index is 0.181. The lowest BCUT2D eigenvalue weighted by atomic mass is 9.82. The lowest BCUT2D eigenvalue weighted by Gasteiger charge is -2.29. The molecule has 0 spiro atoms. The van der Waals surface area contributed by atoms with E-state index in [9.17, 15) is 5.11 Å². The van der Waals surface area contributed by atoms with Crippen molar-refractivity contribution in [2.45, 2.75) is 40.7 Å². The van der Waals surface area contributed by atoms with Gasteiger partial charge in [-0.1, -0.05) is 45.9 Å². The zero-order valence-corrected chi connectivity index (χ0v) is 11.6. The molecule has 0 saturated heterocycles. The molecular formula is C15H25NO. The van der Waals surface area contributed by atoms with Crippen LogP contribution in [-0.2, 0) is 0 Å². The van der Waals surface area contributed by atoms with Gasteiger partial charge in [0.05, 0.1) is 0 Å². The van der Waals surface area contributed by atoms with Crippen LogP contribution in [0.4, 0.5) is 0 Å². The molecule has 2 atom stereocenters. The monoisotopic (exact) mass is 235 g/mol. The number of phenols is 1. The summed E-state index contributed by atoms with van der Waals surface area (Å²) in [5, 5.41) is 13.3. The molecule has 0 aromatic heterocycles. The van der Waals surface area contributed by atoms with Crippen molar-refractivity contribution in [2.24, 2.45) is 11.3 Å². The molecule has 1 aromatic rings. The number of hydrogen-bond acceptors (Lipinski definition) is 2. The van der Waals surface area contributed by atoms with Gasteiger partial charge in [-0.05, 0) is 30.9 Å². The van der Waals surface area contributed by atoms with E-state index in [0.717, 1.165) is 12.1 Å². The molecule has 17 heavy (non-hydrogen) atoms. The van der Waals surface area contributed by atoms with Gasteiger partial charge in [-0.15, -0.1) is 0 Å². The highest BCUT2D eigenvalue weighted by Crippen LogP contribution is 2.27. The Morgan fingerprint density at radius 1 is 1.18 bits per heavy atom. The molecule has 2 nitrogen and oxygen atoms in total. The van der Waals surface area contributed by atoms with Crippen molar-refractivity contribution >= 4 is 0 Å². The van der Waals surface area contributed by atoms with Crippen LogP contribution in [-0.4, -0.2) is 11.7 Å². The van der Waals surface area contributed by atoms with Crippen LogP contribution in [0.5, 0.6) is 5.75 Å². The predicted molar refractivity (Wildman–Crippen MR) is 73.1 cm³/mol. The number of aromatic hydroxyl groups is 1. The summed E-state index contributed by atoms with van der Waals surface area (Å²) >= 11 is 0. The standard InChI is InChI=1S/C15H25NO/c1-11(15(3,4)5)10-16-12(2)13-8-6-7-9-14(13)17/h6-9,11-12,16-17H,10H2,1-5H3. The normalized spacial score (nSPS) is 15.6. The SMILES string of the molecule is CC(NCC(C)C(C)(C)C)c1ccccc1O. The second-order valence-electron chi connectivity index (χ2n) is 5.96. The van der Waals surface area contributed by atoms with Crippen LogP contribution in [0.1, 0.15) is 46.2 Å². The second-order valence-corrected chi connectivity index (χ2v) is 5.96. The fourth-order valence-electron chi connectivity index (χ4n) is 1.62. The zero-order valence-electron chi connectivity index (χ0n) is 11.6. The van der Waals surface area contributed by atoms with Crippen LogP contribution in [0.15, 0.2) is 24.3 Å². The molecule has 0 saturated carbocycles. The summed E-state index contributed by atoms with van der Waals surface area (Å²) in [6.07, 6.45) is 0. The van der Waals surface area contributed by atoms with Crippen molar-refractivity contribution in [3.05, 3.63) is 29.8 Å². The third-order valence-electron chi connectivity index (χ3n) is 3.61. The smallest absolute Gasteiger partial charge is 0.120 e. The highest BCUT2D eigenvalue weighted by atomic mass is 16.3. The topological polar surface area (TPSA) is 32.3 Å². The first-order valence-electron chi connectivity index (χ1n) is 6.33. The molecule has 0 aliphatic carbocycles. The van der Waals surface area contributed by atoms with Crippen molar-refractivity contribution < 1.29 is 5.11 Å². The van der Waals surface area contributed by atoms with E-state index in [1.54, 1.807) is 6.07 Å². The second kappa shape index (κ2) is 5.54. The van der Waals surface area contributed by atoms with E-state index in [1.807, 2.05) is 18.2 Å². The number of para-hydroxylation sites is 1. The van der Waals surface area contributed by atoms with Crippen molar-refractivity contribution in [3.8, 4) is 5.75 Å². The van der Waals surface area contributed by atoms with Crippen molar-refractivity contribution in [3.63, 3.8) is 0 Å². The average molecular weight is 235 g/mol. The van der Waals surface area contributed by atoms with E-state index < -0.39 is 0 Å². The zero-order chi connectivity index (χ0) is 13.1. The Labute approximate surface area is 105 Å². The van der Waals surface area contributed by atoms with Crippen molar-refractivity contribution in [1.29, 1.82) is 0 Å².